The van der Waals surface area contributed by atoms with Gasteiger partial charge in [-0.3, -0.25) is 4.84 Å². The maximum absolute atomic E-state index is 9.37. The third kappa shape index (κ3) is 2.43. The third-order valence-electron chi connectivity index (χ3n) is 2.88. The molecule has 1 aromatic carbocycles. The zero-order valence-electron chi connectivity index (χ0n) is 9.94. The Morgan fingerprint density at radius 1 is 1.33 bits per heavy atom. The molecule has 0 radical (unpaired) electrons. The second-order valence-electron chi connectivity index (χ2n) is 4.40. The van der Waals surface area contributed by atoms with Gasteiger partial charge in [0.15, 0.2) is 0 Å². The Hall–Kier alpha value is -1.69. The number of aliphatic hydroxyl groups is 1. The van der Waals surface area contributed by atoms with Crippen LogP contribution in [0.5, 0.6) is 0 Å². The van der Waals surface area contributed by atoms with Crippen LogP contribution in [0.2, 0.25) is 0 Å². The molecule has 0 bridgehead atoms. The number of hydrogen-bond donors (Lipinski definition) is 1. The number of β-amino-alcohol motifs (C(OH)–C–C–N with tert-alkyl or cyclic N) is 1. The van der Waals surface area contributed by atoms with Gasteiger partial charge in [0.05, 0.1) is 37.7 Å². The summed E-state index contributed by atoms with van der Waals surface area (Å²) in [5.41, 5.74) is 2.10. The number of para-hydroxylation sites is 1. The quantitative estimate of drug-likeness (QED) is 0.875. The van der Waals surface area contributed by atoms with Crippen LogP contribution in [0.1, 0.15) is 5.56 Å². The van der Waals surface area contributed by atoms with Crippen LogP contribution in [0, 0.1) is 0 Å². The molecule has 18 heavy (non-hydrogen) atoms. The molecule has 5 heteroatoms. The first-order valence-corrected chi connectivity index (χ1v) is 5.96. The van der Waals surface area contributed by atoms with E-state index in [0.29, 0.717) is 19.7 Å². The Kier molecular flexibility index (Phi) is 3.10. The molecule has 3 rings (SSSR count). The number of aliphatic hydroxyl groups excluding tert-OH is 1. The molecule has 0 amide bonds. The average molecular weight is 245 g/mol. The van der Waals surface area contributed by atoms with Gasteiger partial charge in [0, 0.05) is 11.8 Å². The van der Waals surface area contributed by atoms with Crippen molar-refractivity contribution in [1.29, 1.82) is 0 Å². The van der Waals surface area contributed by atoms with Gasteiger partial charge in [-0.25, -0.2) is 4.68 Å². The van der Waals surface area contributed by atoms with E-state index in [0.717, 1.165) is 11.3 Å². The summed E-state index contributed by atoms with van der Waals surface area (Å²) >= 11 is 0. The van der Waals surface area contributed by atoms with Crippen LogP contribution in [-0.4, -0.2) is 39.2 Å². The SMILES string of the molecule is O[C@H]1CON(Cc2cnn(-c3ccccc3)c2)C1. The molecule has 1 N–H and O–H groups in total. The lowest BCUT2D eigenvalue weighted by molar-refractivity contribution is -0.117. The molecular formula is C13H15N3O2. The standard InChI is InChI=1S/C13H15N3O2/c17-13-9-15(18-10-13)7-11-6-14-16(8-11)12-4-2-1-3-5-12/h1-6,8,13,17H,7,9-10H2/t13-/m1/s1. The van der Waals surface area contributed by atoms with Crippen molar-refractivity contribution in [3.8, 4) is 5.69 Å². The summed E-state index contributed by atoms with van der Waals surface area (Å²) in [5, 5.41) is 15.5. The van der Waals surface area contributed by atoms with Crippen LogP contribution < -0.4 is 0 Å². The molecule has 2 aromatic rings. The number of aromatic nitrogens is 2. The Bertz CT molecular complexity index is 512. The lowest BCUT2D eigenvalue weighted by atomic mass is 10.3. The fourth-order valence-corrected chi connectivity index (χ4v) is 2.01. The van der Waals surface area contributed by atoms with E-state index in [-0.39, 0.29) is 6.10 Å². The van der Waals surface area contributed by atoms with Crippen molar-refractivity contribution in [3.05, 3.63) is 48.3 Å². The van der Waals surface area contributed by atoms with Gasteiger partial charge >= 0.3 is 0 Å². The van der Waals surface area contributed by atoms with E-state index >= 15 is 0 Å². The minimum absolute atomic E-state index is 0.380. The Morgan fingerprint density at radius 2 is 2.17 bits per heavy atom. The number of nitrogens with zero attached hydrogens (tertiary/aromatic N) is 3. The molecule has 5 nitrogen and oxygen atoms in total. The molecule has 0 saturated carbocycles. The molecule has 1 aliphatic heterocycles. The summed E-state index contributed by atoms with van der Waals surface area (Å²) in [7, 11) is 0. The molecule has 0 spiro atoms. The first-order valence-electron chi connectivity index (χ1n) is 5.96. The van der Waals surface area contributed by atoms with Gasteiger partial charge < -0.3 is 5.11 Å². The first kappa shape index (κ1) is 11.4. The smallest absolute Gasteiger partial charge is 0.0958 e. The van der Waals surface area contributed by atoms with Crippen molar-refractivity contribution in [2.45, 2.75) is 12.6 Å². The van der Waals surface area contributed by atoms with Crippen molar-refractivity contribution in [2.24, 2.45) is 0 Å². The predicted molar refractivity (Wildman–Crippen MR) is 65.9 cm³/mol. The number of hydroxylamine groups is 2. The van der Waals surface area contributed by atoms with Crippen molar-refractivity contribution in [2.75, 3.05) is 13.2 Å². The van der Waals surface area contributed by atoms with E-state index in [2.05, 4.69) is 5.10 Å². The summed E-state index contributed by atoms with van der Waals surface area (Å²) in [4.78, 5) is 5.33. The zero-order chi connectivity index (χ0) is 12.4. The molecule has 1 saturated heterocycles. The Morgan fingerprint density at radius 3 is 2.89 bits per heavy atom. The van der Waals surface area contributed by atoms with Gasteiger partial charge in [-0.1, -0.05) is 18.2 Å². The van der Waals surface area contributed by atoms with Crippen LogP contribution in [0.4, 0.5) is 0 Å². The van der Waals surface area contributed by atoms with E-state index in [4.69, 9.17) is 4.84 Å². The minimum Gasteiger partial charge on any atom is -0.389 e. The second kappa shape index (κ2) is 4.89. The Balaban J connectivity index is 1.70. The average Bonchev–Trinajstić information content (AvgIpc) is 3.01. The van der Waals surface area contributed by atoms with Gasteiger partial charge in [-0.15, -0.1) is 0 Å². The summed E-state index contributed by atoms with van der Waals surface area (Å²) in [6.07, 6.45) is 3.42. The molecule has 1 aromatic heterocycles. The Labute approximate surface area is 105 Å². The fraction of sp³-hybridized carbons (Fsp3) is 0.308. The normalized spacial score (nSPS) is 20.4. The minimum atomic E-state index is -0.380. The summed E-state index contributed by atoms with van der Waals surface area (Å²) in [6.45, 7) is 1.58. The van der Waals surface area contributed by atoms with E-state index in [1.165, 1.54) is 0 Å². The highest BCUT2D eigenvalue weighted by Crippen LogP contribution is 2.13. The predicted octanol–water partition coefficient (Wildman–Crippen LogP) is 0.980. The summed E-state index contributed by atoms with van der Waals surface area (Å²) in [5.74, 6) is 0. The van der Waals surface area contributed by atoms with Crippen molar-refractivity contribution in [1.82, 2.24) is 14.8 Å². The number of benzene rings is 1. The van der Waals surface area contributed by atoms with Gasteiger partial charge in [-0.2, -0.15) is 10.2 Å². The molecule has 1 fully saturated rings. The highest BCUT2D eigenvalue weighted by molar-refractivity contribution is 5.30. The van der Waals surface area contributed by atoms with Crippen molar-refractivity contribution >= 4 is 0 Å². The van der Waals surface area contributed by atoms with Crippen LogP contribution in [-0.2, 0) is 11.4 Å². The van der Waals surface area contributed by atoms with E-state index in [9.17, 15) is 5.11 Å². The van der Waals surface area contributed by atoms with Gasteiger partial charge in [0.2, 0.25) is 0 Å². The molecule has 1 aliphatic rings. The molecule has 1 atom stereocenters. The lowest BCUT2D eigenvalue weighted by Gasteiger charge is -2.11. The highest BCUT2D eigenvalue weighted by atomic mass is 16.7. The molecule has 94 valence electrons. The maximum atomic E-state index is 9.37. The fourth-order valence-electron chi connectivity index (χ4n) is 2.01. The van der Waals surface area contributed by atoms with E-state index in [1.807, 2.05) is 47.4 Å². The zero-order valence-corrected chi connectivity index (χ0v) is 9.94. The van der Waals surface area contributed by atoms with Crippen molar-refractivity contribution < 1.29 is 9.94 Å². The van der Waals surface area contributed by atoms with Crippen LogP contribution in [0.15, 0.2) is 42.7 Å². The third-order valence-corrected chi connectivity index (χ3v) is 2.88. The summed E-state index contributed by atoms with van der Waals surface area (Å²) < 4.78 is 1.84. The van der Waals surface area contributed by atoms with Gasteiger partial charge in [0.1, 0.15) is 0 Å². The number of rotatable bonds is 3. The molecule has 0 unspecified atom stereocenters. The van der Waals surface area contributed by atoms with E-state index in [1.54, 1.807) is 5.06 Å². The highest BCUT2D eigenvalue weighted by Gasteiger charge is 2.21. The van der Waals surface area contributed by atoms with Crippen molar-refractivity contribution in [3.63, 3.8) is 0 Å². The molecular weight excluding hydrogens is 230 g/mol. The topological polar surface area (TPSA) is 50.5 Å². The van der Waals surface area contributed by atoms with Gasteiger partial charge in [0.25, 0.3) is 0 Å². The van der Waals surface area contributed by atoms with Gasteiger partial charge in [-0.05, 0) is 12.1 Å². The monoisotopic (exact) mass is 245 g/mol. The summed E-state index contributed by atoms with van der Waals surface area (Å²) in [6, 6.07) is 9.96. The first-order chi connectivity index (χ1) is 8.81. The number of hydrogen-bond acceptors (Lipinski definition) is 4. The molecule has 0 aliphatic carbocycles. The lowest BCUT2D eigenvalue weighted by Crippen LogP contribution is -2.20. The van der Waals surface area contributed by atoms with Crippen LogP contribution in [0.25, 0.3) is 5.69 Å². The maximum Gasteiger partial charge on any atom is 0.0958 e. The largest absolute Gasteiger partial charge is 0.389 e. The van der Waals surface area contributed by atoms with Crippen LogP contribution in [0.3, 0.4) is 0 Å². The molecule has 2 heterocycles. The van der Waals surface area contributed by atoms with E-state index < -0.39 is 0 Å². The second-order valence-corrected chi connectivity index (χ2v) is 4.40. The van der Waals surface area contributed by atoms with Crippen LogP contribution >= 0.6 is 0 Å².